The summed E-state index contributed by atoms with van der Waals surface area (Å²) in [7, 11) is 0. The van der Waals surface area contributed by atoms with Crippen LogP contribution < -0.4 is 5.32 Å². The molecule has 31 heavy (non-hydrogen) atoms. The highest BCUT2D eigenvalue weighted by molar-refractivity contribution is 6.42. The van der Waals surface area contributed by atoms with E-state index in [4.69, 9.17) is 23.2 Å². The summed E-state index contributed by atoms with van der Waals surface area (Å²) >= 11 is 12.0. The first kappa shape index (κ1) is 21.1. The van der Waals surface area contributed by atoms with Gasteiger partial charge in [-0.05, 0) is 56.2 Å². The van der Waals surface area contributed by atoms with E-state index in [-0.39, 0.29) is 5.82 Å². The summed E-state index contributed by atoms with van der Waals surface area (Å²) in [6.07, 6.45) is 0. The summed E-state index contributed by atoms with van der Waals surface area (Å²) in [5, 5.41) is 8.11. The number of amides is 1. The van der Waals surface area contributed by atoms with E-state index >= 15 is 0 Å². The lowest BCUT2D eigenvalue weighted by molar-refractivity contribution is 0.101. The molecule has 0 saturated heterocycles. The highest BCUT2D eigenvalue weighted by Gasteiger charge is 2.20. The average Bonchev–Trinajstić information content (AvgIpc) is 3.18. The molecule has 0 spiro atoms. The van der Waals surface area contributed by atoms with Gasteiger partial charge in [0, 0.05) is 11.3 Å². The largest absolute Gasteiger partial charge is 0.319 e. The molecule has 0 aliphatic heterocycles. The SMILES string of the molecule is Cc1ccc(-c2nc(C(=O)Nc3ccc(Cl)c(Cl)c3)nn2-c2cccc(C)c2C)cc1. The Hall–Kier alpha value is -3.15. The first-order valence-corrected chi connectivity index (χ1v) is 10.5. The van der Waals surface area contributed by atoms with Crippen LogP contribution in [0.3, 0.4) is 0 Å². The maximum Gasteiger partial charge on any atom is 0.295 e. The van der Waals surface area contributed by atoms with Crippen LogP contribution in [0.15, 0.2) is 60.7 Å². The first-order valence-electron chi connectivity index (χ1n) is 9.70. The number of hydrogen-bond acceptors (Lipinski definition) is 3. The van der Waals surface area contributed by atoms with Crippen molar-refractivity contribution >= 4 is 34.8 Å². The molecule has 0 radical (unpaired) electrons. The summed E-state index contributed by atoms with van der Waals surface area (Å²) in [5.74, 6) is 0.214. The maximum absolute atomic E-state index is 12.9. The number of halogens is 2. The highest BCUT2D eigenvalue weighted by Crippen LogP contribution is 2.27. The normalized spacial score (nSPS) is 10.9. The Kier molecular flexibility index (Phi) is 5.81. The molecule has 0 aliphatic carbocycles. The number of nitrogens with one attached hydrogen (secondary N) is 1. The van der Waals surface area contributed by atoms with Crippen molar-refractivity contribution in [3.05, 3.63) is 93.2 Å². The molecule has 0 aliphatic rings. The average molecular weight is 451 g/mol. The Bertz CT molecular complexity index is 1280. The minimum absolute atomic E-state index is 0.0579. The van der Waals surface area contributed by atoms with Gasteiger partial charge in [-0.2, -0.15) is 0 Å². The van der Waals surface area contributed by atoms with Gasteiger partial charge < -0.3 is 5.32 Å². The van der Waals surface area contributed by atoms with Crippen LogP contribution in [0.4, 0.5) is 5.69 Å². The number of rotatable bonds is 4. The van der Waals surface area contributed by atoms with Gasteiger partial charge in [-0.25, -0.2) is 9.67 Å². The second-order valence-corrected chi connectivity index (χ2v) is 8.15. The van der Waals surface area contributed by atoms with Gasteiger partial charge in [0.15, 0.2) is 5.82 Å². The van der Waals surface area contributed by atoms with Gasteiger partial charge in [-0.1, -0.05) is 65.2 Å². The zero-order valence-corrected chi connectivity index (χ0v) is 18.8. The van der Waals surface area contributed by atoms with Crippen molar-refractivity contribution in [1.82, 2.24) is 14.8 Å². The third-order valence-electron chi connectivity index (χ3n) is 5.10. The van der Waals surface area contributed by atoms with Gasteiger partial charge in [0.1, 0.15) is 0 Å². The van der Waals surface area contributed by atoms with Gasteiger partial charge in [-0.15, -0.1) is 5.10 Å². The molecule has 5 nitrogen and oxygen atoms in total. The zero-order chi connectivity index (χ0) is 22.1. The monoisotopic (exact) mass is 450 g/mol. The van der Waals surface area contributed by atoms with E-state index in [2.05, 4.69) is 15.4 Å². The fourth-order valence-corrected chi connectivity index (χ4v) is 3.49. The second kappa shape index (κ2) is 8.53. The molecule has 0 fully saturated rings. The zero-order valence-electron chi connectivity index (χ0n) is 17.3. The minimum Gasteiger partial charge on any atom is -0.319 e. The van der Waals surface area contributed by atoms with Crippen LogP contribution in [-0.4, -0.2) is 20.7 Å². The molecule has 3 aromatic carbocycles. The van der Waals surface area contributed by atoms with E-state index < -0.39 is 5.91 Å². The van der Waals surface area contributed by atoms with Gasteiger partial charge in [0.05, 0.1) is 15.7 Å². The van der Waals surface area contributed by atoms with Gasteiger partial charge in [0.25, 0.3) is 5.91 Å². The smallest absolute Gasteiger partial charge is 0.295 e. The molecule has 156 valence electrons. The van der Waals surface area contributed by atoms with Gasteiger partial charge >= 0.3 is 0 Å². The van der Waals surface area contributed by atoms with Gasteiger partial charge in [-0.3, -0.25) is 4.79 Å². The van der Waals surface area contributed by atoms with Crippen LogP contribution in [0.25, 0.3) is 17.1 Å². The van der Waals surface area contributed by atoms with Gasteiger partial charge in [0.2, 0.25) is 5.82 Å². The number of aryl methyl sites for hydroxylation is 2. The quantitative estimate of drug-likeness (QED) is 0.390. The Morgan fingerprint density at radius 3 is 2.39 bits per heavy atom. The number of nitrogens with zero attached hydrogens (tertiary/aromatic N) is 3. The molecular formula is C24H20Cl2N4O. The van der Waals surface area contributed by atoms with Crippen LogP contribution >= 0.6 is 23.2 Å². The predicted octanol–water partition coefficient (Wildman–Crippen LogP) is 6.42. The molecule has 4 aromatic rings. The Labute approximate surface area is 190 Å². The van der Waals surface area contributed by atoms with Crippen LogP contribution in [-0.2, 0) is 0 Å². The fourth-order valence-electron chi connectivity index (χ4n) is 3.19. The predicted molar refractivity (Wildman–Crippen MR) is 125 cm³/mol. The summed E-state index contributed by atoms with van der Waals surface area (Å²) < 4.78 is 1.72. The van der Waals surface area contributed by atoms with Crippen molar-refractivity contribution in [2.45, 2.75) is 20.8 Å². The molecular weight excluding hydrogens is 431 g/mol. The molecule has 1 N–H and O–H groups in total. The molecule has 0 saturated carbocycles. The summed E-state index contributed by atoms with van der Waals surface area (Å²) in [5.41, 5.74) is 5.59. The number of anilines is 1. The molecule has 0 atom stereocenters. The Morgan fingerprint density at radius 1 is 0.935 bits per heavy atom. The van der Waals surface area contributed by atoms with Crippen molar-refractivity contribution < 1.29 is 4.79 Å². The number of carbonyl (C=O) groups is 1. The maximum atomic E-state index is 12.9. The van der Waals surface area contributed by atoms with E-state index in [1.165, 1.54) is 0 Å². The van der Waals surface area contributed by atoms with Crippen molar-refractivity contribution in [1.29, 1.82) is 0 Å². The van der Waals surface area contributed by atoms with Crippen molar-refractivity contribution in [3.63, 3.8) is 0 Å². The lowest BCUT2D eigenvalue weighted by Crippen LogP contribution is -2.14. The summed E-state index contributed by atoms with van der Waals surface area (Å²) in [6.45, 7) is 6.09. The van der Waals surface area contributed by atoms with E-state index in [0.717, 1.165) is 27.9 Å². The summed E-state index contributed by atoms with van der Waals surface area (Å²) in [6, 6.07) is 18.8. The molecule has 0 unspecified atom stereocenters. The van der Waals surface area contributed by atoms with Crippen LogP contribution in [0.2, 0.25) is 10.0 Å². The van der Waals surface area contributed by atoms with E-state index in [1.807, 2.05) is 63.2 Å². The Morgan fingerprint density at radius 2 is 1.68 bits per heavy atom. The van der Waals surface area contributed by atoms with Crippen LogP contribution in [0.1, 0.15) is 27.3 Å². The third kappa shape index (κ3) is 4.33. The highest BCUT2D eigenvalue weighted by atomic mass is 35.5. The summed E-state index contributed by atoms with van der Waals surface area (Å²) in [4.78, 5) is 17.5. The lowest BCUT2D eigenvalue weighted by Gasteiger charge is -2.11. The Balaban J connectivity index is 1.79. The van der Waals surface area contributed by atoms with Crippen molar-refractivity contribution in [3.8, 4) is 17.1 Å². The lowest BCUT2D eigenvalue weighted by atomic mass is 10.1. The molecule has 7 heteroatoms. The molecule has 1 heterocycles. The van der Waals surface area contributed by atoms with Crippen LogP contribution in [0, 0.1) is 20.8 Å². The molecule has 1 aromatic heterocycles. The minimum atomic E-state index is -0.434. The van der Waals surface area contributed by atoms with Crippen molar-refractivity contribution in [2.24, 2.45) is 0 Å². The number of hydrogen-bond donors (Lipinski definition) is 1. The van der Waals surface area contributed by atoms with Crippen LogP contribution in [0.5, 0.6) is 0 Å². The number of carbonyl (C=O) groups excluding carboxylic acids is 1. The third-order valence-corrected chi connectivity index (χ3v) is 5.84. The van der Waals surface area contributed by atoms with E-state index in [1.54, 1.807) is 22.9 Å². The fraction of sp³-hybridized carbons (Fsp3) is 0.125. The van der Waals surface area contributed by atoms with Crippen molar-refractivity contribution in [2.75, 3.05) is 5.32 Å². The van der Waals surface area contributed by atoms with E-state index in [9.17, 15) is 4.79 Å². The molecule has 0 bridgehead atoms. The number of aromatic nitrogens is 3. The second-order valence-electron chi connectivity index (χ2n) is 7.34. The molecule has 4 rings (SSSR count). The topological polar surface area (TPSA) is 59.8 Å². The van der Waals surface area contributed by atoms with E-state index in [0.29, 0.717) is 21.6 Å². The molecule has 1 amide bonds. The number of benzene rings is 3. The first-order chi connectivity index (χ1) is 14.8. The standard InChI is InChI=1S/C24H20Cl2N4O/c1-14-7-9-17(10-8-14)23-28-22(24(31)27-18-11-12-19(25)20(26)13-18)29-30(23)21-6-4-5-15(2)16(21)3/h4-13H,1-3H3,(H,27,31).